The summed E-state index contributed by atoms with van der Waals surface area (Å²) in [5.41, 5.74) is 1.03. The maximum absolute atomic E-state index is 13.0. The summed E-state index contributed by atoms with van der Waals surface area (Å²) in [5.74, 6) is -1.24. The van der Waals surface area contributed by atoms with Crippen molar-refractivity contribution >= 4 is 29.1 Å². The van der Waals surface area contributed by atoms with E-state index in [0.29, 0.717) is 36.4 Å². The van der Waals surface area contributed by atoms with Crippen molar-refractivity contribution in [3.63, 3.8) is 0 Å². The van der Waals surface area contributed by atoms with Crippen LogP contribution in [-0.4, -0.2) is 49.9 Å². The third kappa shape index (κ3) is 4.09. The van der Waals surface area contributed by atoms with Gasteiger partial charge in [0, 0.05) is 43.4 Å². The molecule has 1 saturated heterocycles. The minimum Gasteiger partial charge on any atom is -0.507 e. The minimum absolute atomic E-state index is 0.0186. The predicted octanol–water partition coefficient (Wildman–Crippen LogP) is 3.45. The number of pyridine rings is 1. The van der Waals surface area contributed by atoms with Crippen molar-refractivity contribution < 1.29 is 19.4 Å². The van der Waals surface area contributed by atoms with Gasteiger partial charge in [-0.25, -0.2) is 4.98 Å². The lowest BCUT2D eigenvalue weighted by Crippen LogP contribution is -2.31. The first-order valence-electron chi connectivity index (χ1n) is 9.99. The van der Waals surface area contributed by atoms with Gasteiger partial charge >= 0.3 is 0 Å². The fraction of sp³-hybridized carbons (Fsp3) is 0.217. The summed E-state index contributed by atoms with van der Waals surface area (Å²) in [5, 5.41) is 11.4. The van der Waals surface area contributed by atoms with E-state index in [4.69, 9.17) is 16.3 Å². The highest BCUT2D eigenvalue weighted by Crippen LogP contribution is 2.40. The van der Waals surface area contributed by atoms with Gasteiger partial charge in [0.15, 0.2) is 0 Å². The molecule has 0 unspecified atom stereocenters. The van der Waals surface area contributed by atoms with E-state index in [1.54, 1.807) is 49.2 Å². The number of rotatable bonds is 7. The number of hydrogen-bond donors (Lipinski definition) is 1. The standard InChI is InChI=1S/C23H21ClN4O4/c1-32-18-4-3-16(13-17(18)24)21(29)19-20(15-5-7-25-8-6-15)28(23(31)22(19)30)11-2-10-27-12-9-26-14-27/h3-9,12-14,20,29H,2,10-11H2,1H3/b21-19+/t20-/m1/s1. The molecule has 2 aromatic heterocycles. The Morgan fingerprint density at radius 1 is 1.12 bits per heavy atom. The zero-order valence-electron chi connectivity index (χ0n) is 17.3. The molecule has 1 aliphatic rings. The Bertz CT molecular complexity index is 1160. The maximum atomic E-state index is 13.0. The zero-order valence-corrected chi connectivity index (χ0v) is 18.1. The van der Waals surface area contributed by atoms with Crippen LogP contribution in [0.15, 0.2) is 67.0 Å². The molecule has 8 nitrogen and oxygen atoms in total. The molecular weight excluding hydrogens is 432 g/mol. The lowest BCUT2D eigenvalue weighted by Gasteiger charge is -2.25. The summed E-state index contributed by atoms with van der Waals surface area (Å²) in [6.07, 6.45) is 9.00. The highest BCUT2D eigenvalue weighted by atomic mass is 35.5. The fourth-order valence-corrected chi connectivity index (χ4v) is 4.07. The fourth-order valence-electron chi connectivity index (χ4n) is 3.81. The number of carbonyl (C=O) groups is 2. The van der Waals surface area contributed by atoms with E-state index in [1.165, 1.54) is 18.1 Å². The highest BCUT2D eigenvalue weighted by molar-refractivity contribution is 6.46. The molecule has 1 aromatic carbocycles. The zero-order chi connectivity index (χ0) is 22.7. The molecule has 1 atom stereocenters. The molecule has 3 aromatic rings. The number of ether oxygens (including phenoxy) is 1. The predicted molar refractivity (Wildman–Crippen MR) is 118 cm³/mol. The van der Waals surface area contributed by atoms with Gasteiger partial charge in [0.2, 0.25) is 0 Å². The van der Waals surface area contributed by atoms with E-state index in [9.17, 15) is 14.7 Å². The molecule has 0 saturated carbocycles. The summed E-state index contributed by atoms with van der Waals surface area (Å²) >= 11 is 6.21. The molecule has 0 spiro atoms. The summed E-state index contributed by atoms with van der Waals surface area (Å²) in [7, 11) is 1.49. The SMILES string of the molecule is COc1ccc(/C(O)=C2\C(=O)C(=O)N(CCCn3ccnc3)[C@@H]2c2ccncc2)cc1Cl. The number of imidazole rings is 1. The van der Waals surface area contributed by atoms with Crippen LogP contribution in [0, 0.1) is 0 Å². The molecule has 9 heteroatoms. The molecule has 164 valence electrons. The third-order valence-electron chi connectivity index (χ3n) is 5.36. The molecule has 1 aliphatic heterocycles. The van der Waals surface area contributed by atoms with Gasteiger partial charge in [-0.1, -0.05) is 11.6 Å². The smallest absolute Gasteiger partial charge is 0.295 e. The Balaban J connectivity index is 1.72. The topological polar surface area (TPSA) is 97.6 Å². The van der Waals surface area contributed by atoms with Crippen LogP contribution in [0.5, 0.6) is 5.75 Å². The highest BCUT2D eigenvalue weighted by Gasteiger charge is 2.45. The van der Waals surface area contributed by atoms with Crippen LogP contribution in [0.3, 0.4) is 0 Å². The molecule has 0 radical (unpaired) electrons. The molecule has 32 heavy (non-hydrogen) atoms. The monoisotopic (exact) mass is 452 g/mol. The Labute approximate surface area is 189 Å². The first-order valence-corrected chi connectivity index (χ1v) is 10.4. The molecule has 0 bridgehead atoms. The van der Waals surface area contributed by atoms with Gasteiger partial charge < -0.3 is 19.3 Å². The van der Waals surface area contributed by atoms with Gasteiger partial charge in [-0.2, -0.15) is 0 Å². The van der Waals surface area contributed by atoms with Crippen molar-refractivity contribution in [1.82, 2.24) is 19.4 Å². The number of benzene rings is 1. The molecule has 1 N–H and O–H groups in total. The van der Waals surface area contributed by atoms with E-state index in [2.05, 4.69) is 9.97 Å². The molecule has 1 fully saturated rings. The number of carbonyl (C=O) groups excluding carboxylic acids is 2. The van der Waals surface area contributed by atoms with Crippen molar-refractivity contribution in [2.24, 2.45) is 0 Å². The number of nitrogens with zero attached hydrogens (tertiary/aromatic N) is 4. The van der Waals surface area contributed by atoms with Crippen LogP contribution in [0.2, 0.25) is 5.02 Å². The second-order valence-corrected chi connectivity index (χ2v) is 7.68. The van der Waals surface area contributed by atoms with E-state index >= 15 is 0 Å². The maximum Gasteiger partial charge on any atom is 0.295 e. The second-order valence-electron chi connectivity index (χ2n) is 7.28. The quantitative estimate of drug-likeness (QED) is 0.335. The number of likely N-dealkylation sites (tertiary alicyclic amines) is 1. The van der Waals surface area contributed by atoms with Crippen molar-refractivity contribution in [1.29, 1.82) is 0 Å². The Kier molecular flexibility index (Phi) is 6.23. The van der Waals surface area contributed by atoms with Gasteiger partial charge in [-0.05, 0) is 42.3 Å². The lowest BCUT2D eigenvalue weighted by atomic mass is 9.96. The van der Waals surface area contributed by atoms with Crippen molar-refractivity contribution in [2.75, 3.05) is 13.7 Å². The molecular formula is C23H21ClN4O4. The van der Waals surface area contributed by atoms with Crippen LogP contribution in [0.25, 0.3) is 5.76 Å². The van der Waals surface area contributed by atoms with Crippen LogP contribution in [0.4, 0.5) is 0 Å². The van der Waals surface area contributed by atoms with Crippen molar-refractivity contribution in [3.8, 4) is 5.75 Å². The van der Waals surface area contributed by atoms with Crippen molar-refractivity contribution in [2.45, 2.75) is 19.0 Å². The Morgan fingerprint density at radius 3 is 2.56 bits per heavy atom. The van der Waals surface area contributed by atoms with Gasteiger partial charge in [0.25, 0.3) is 11.7 Å². The first-order chi connectivity index (χ1) is 15.5. The van der Waals surface area contributed by atoms with Gasteiger partial charge in [0.1, 0.15) is 11.5 Å². The van der Waals surface area contributed by atoms with E-state index in [-0.39, 0.29) is 16.4 Å². The van der Waals surface area contributed by atoms with Gasteiger partial charge in [-0.15, -0.1) is 0 Å². The van der Waals surface area contributed by atoms with E-state index < -0.39 is 17.7 Å². The number of amides is 1. The van der Waals surface area contributed by atoms with Crippen LogP contribution in [-0.2, 0) is 16.1 Å². The summed E-state index contributed by atoms with van der Waals surface area (Å²) in [6.45, 7) is 0.968. The third-order valence-corrected chi connectivity index (χ3v) is 5.66. The largest absolute Gasteiger partial charge is 0.507 e. The summed E-state index contributed by atoms with van der Waals surface area (Å²) < 4.78 is 7.05. The second kappa shape index (κ2) is 9.23. The average molecular weight is 453 g/mol. The van der Waals surface area contributed by atoms with Crippen LogP contribution >= 0.6 is 11.6 Å². The number of hydrogen-bond acceptors (Lipinski definition) is 6. The minimum atomic E-state index is -0.737. The number of aliphatic hydroxyl groups excluding tert-OH is 1. The first kappa shape index (κ1) is 21.6. The summed E-state index contributed by atoms with van der Waals surface area (Å²) in [6, 6.07) is 7.42. The summed E-state index contributed by atoms with van der Waals surface area (Å²) in [4.78, 5) is 35.5. The van der Waals surface area contributed by atoms with Gasteiger partial charge in [0.05, 0.1) is 30.1 Å². The van der Waals surface area contributed by atoms with Gasteiger partial charge in [-0.3, -0.25) is 14.6 Å². The molecule has 0 aliphatic carbocycles. The Hall–Kier alpha value is -3.65. The number of aromatic nitrogens is 3. The molecule has 1 amide bonds. The lowest BCUT2D eigenvalue weighted by molar-refractivity contribution is -0.139. The van der Waals surface area contributed by atoms with Crippen LogP contribution < -0.4 is 4.74 Å². The molecule has 4 rings (SSSR count). The number of ketones is 1. The average Bonchev–Trinajstić information content (AvgIpc) is 3.41. The number of halogens is 1. The number of Topliss-reactive ketones (excluding diaryl/α,β-unsaturated/α-hetero) is 1. The molecule has 3 heterocycles. The number of aliphatic hydroxyl groups is 1. The van der Waals surface area contributed by atoms with Crippen LogP contribution in [0.1, 0.15) is 23.6 Å². The number of methoxy groups -OCH3 is 1. The normalized spacial score (nSPS) is 17.7. The Morgan fingerprint density at radius 2 is 1.91 bits per heavy atom. The number of aryl methyl sites for hydroxylation is 1. The van der Waals surface area contributed by atoms with E-state index in [1.807, 2.05) is 10.8 Å². The van der Waals surface area contributed by atoms with Crippen molar-refractivity contribution in [3.05, 3.63) is 83.2 Å². The van der Waals surface area contributed by atoms with E-state index in [0.717, 1.165) is 0 Å².